The summed E-state index contributed by atoms with van der Waals surface area (Å²) in [5, 5.41) is 11.9. The van der Waals surface area contributed by atoms with Crippen molar-refractivity contribution in [1.29, 1.82) is 0 Å². The zero-order valence-electron chi connectivity index (χ0n) is 17.3. The summed E-state index contributed by atoms with van der Waals surface area (Å²) in [7, 11) is 0. The fraction of sp³-hybridized carbons (Fsp3) is 0. The second-order valence-electron chi connectivity index (χ2n) is 8.22. The highest BCUT2D eigenvalue weighted by Gasteiger charge is 2.06. The SMILES string of the molecule is c1ccc2/c(c1)=c1/ccc3cccnc3/c1=c1\cccc\c1=c1/ccc3cccnc3/c1=2. The van der Waals surface area contributed by atoms with Crippen molar-refractivity contribution in [3.05, 3.63) is 151 Å². The van der Waals surface area contributed by atoms with Gasteiger partial charge in [0.05, 0.1) is 11.0 Å². The molecule has 0 atom stereocenters. The van der Waals surface area contributed by atoms with Gasteiger partial charge in [-0.1, -0.05) is 84.9 Å². The largest absolute Gasteiger partial charge is 0.256 e. The van der Waals surface area contributed by atoms with E-state index in [1.165, 1.54) is 41.7 Å². The van der Waals surface area contributed by atoms with Crippen molar-refractivity contribution in [2.24, 2.45) is 0 Å². The number of benzene rings is 4. The molecule has 0 aliphatic heterocycles. The Labute approximate surface area is 183 Å². The first-order valence-corrected chi connectivity index (χ1v) is 10.9. The molecule has 2 aromatic heterocycles. The van der Waals surface area contributed by atoms with Crippen LogP contribution >= 0.6 is 0 Å². The summed E-state index contributed by atoms with van der Waals surface area (Å²) < 4.78 is 0. The van der Waals surface area contributed by atoms with Gasteiger partial charge >= 0.3 is 0 Å². The normalized spacial score (nSPS) is 16.2. The van der Waals surface area contributed by atoms with Gasteiger partial charge in [-0.05, 0) is 43.4 Å². The minimum absolute atomic E-state index is 1.04. The summed E-state index contributed by atoms with van der Waals surface area (Å²) in [5.74, 6) is 0. The molecular formula is C30H18N2. The van der Waals surface area contributed by atoms with Crippen LogP contribution in [0.2, 0.25) is 0 Å². The molecule has 1 aliphatic carbocycles. The molecule has 4 aromatic carbocycles. The van der Waals surface area contributed by atoms with Gasteiger partial charge in [-0.2, -0.15) is 0 Å². The minimum atomic E-state index is 1.04. The van der Waals surface area contributed by atoms with E-state index in [2.05, 4.69) is 84.9 Å². The molecule has 0 fully saturated rings. The average molecular weight is 406 g/mol. The van der Waals surface area contributed by atoms with Crippen LogP contribution in [0.4, 0.5) is 0 Å². The van der Waals surface area contributed by atoms with Gasteiger partial charge in [-0.15, -0.1) is 0 Å². The van der Waals surface area contributed by atoms with E-state index in [1.807, 2.05) is 24.5 Å². The smallest absolute Gasteiger partial charge is 0.0786 e. The monoisotopic (exact) mass is 406 g/mol. The number of nitrogens with zero attached hydrogens (tertiary/aromatic N) is 2. The third kappa shape index (κ3) is 2.35. The fourth-order valence-corrected chi connectivity index (χ4v) is 5.16. The lowest BCUT2D eigenvalue weighted by molar-refractivity contribution is 1.28. The molecule has 0 spiro atoms. The summed E-state index contributed by atoms with van der Waals surface area (Å²) in [5.41, 5.74) is 2.07. The zero-order chi connectivity index (χ0) is 21.1. The first-order valence-electron chi connectivity index (χ1n) is 10.9. The Kier molecular flexibility index (Phi) is 3.58. The molecule has 0 N–H and O–H groups in total. The molecule has 1 aliphatic rings. The third-order valence-electron chi connectivity index (χ3n) is 6.52. The maximum Gasteiger partial charge on any atom is 0.0786 e. The van der Waals surface area contributed by atoms with Crippen molar-refractivity contribution in [3.63, 3.8) is 0 Å². The summed E-state index contributed by atoms with van der Waals surface area (Å²) >= 11 is 0. The Morgan fingerprint density at radius 2 is 0.781 bits per heavy atom. The molecule has 32 heavy (non-hydrogen) atoms. The molecule has 2 heteroatoms. The van der Waals surface area contributed by atoms with Crippen LogP contribution in [-0.2, 0) is 0 Å². The van der Waals surface area contributed by atoms with Gasteiger partial charge in [-0.3, -0.25) is 9.97 Å². The van der Waals surface area contributed by atoms with Crippen molar-refractivity contribution in [2.45, 2.75) is 0 Å². The number of hydrogen-bond donors (Lipinski definition) is 0. The lowest BCUT2D eigenvalue weighted by Gasteiger charge is -2.06. The number of pyridine rings is 2. The third-order valence-corrected chi connectivity index (χ3v) is 6.52. The van der Waals surface area contributed by atoms with Gasteiger partial charge in [0.25, 0.3) is 0 Å². The summed E-state index contributed by atoms with van der Waals surface area (Å²) in [6.07, 6.45) is 3.78. The maximum absolute atomic E-state index is 4.83. The summed E-state index contributed by atoms with van der Waals surface area (Å²) in [6, 6.07) is 34.5. The first kappa shape index (κ1) is 17.4. The Morgan fingerprint density at radius 1 is 0.344 bits per heavy atom. The Balaban J connectivity index is 2.09. The van der Waals surface area contributed by atoms with Crippen LogP contribution < -0.4 is 0 Å². The molecule has 2 nitrogen and oxygen atoms in total. The summed E-state index contributed by atoms with van der Waals surface area (Å²) in [4.78, 5) is 9.66. The van der Waals surface area contributed by atoms with Crippen LogP contribution in [-0.4, -0.2) is 9.97 Å². The van der Waals surface area contributed by atoms with E-state index >= 15 is 0 Å². The highest BCUT2D eigenvalue weighted by molar-refractivity contribution is 5.80. The van der Waals surface area contributed by atoms with E-state index in [-0.39, 0.29) is 0 Å². The average Bonchev–Trinajstić information content (AvgIpc) is 2.86. The van der Waals surface area contributed by atoms with Crippen molar-refractivity contribution in [3.8, 4) is 0 Å². The van der Waals surface area contributed by atoms with Gasteiger partial charge in [0.1, 0.15) is 0 Å². The second-order valence-corrected chi connectivity index (χ2v) is 8.22. The molecule has 148 valence electrons. The number of hydrogen-bond acceptors (Lipinski definition) is 2. The molecule has 2 heterocycles. The van der Waals surface area contributed by atoms with E-state index in [0.717, 1.165) is 21.8 Å². The number of fused-ring (bicyclic) bond motifs is 8. The van der Waals surface area contributed by atoms with Crippen LogP contribution in [0.15, 0.2) is 109 Å². The lowest BCUT2D eigenvalue weighted by atomic mass is 9.99. The first-order chi connectivity index (χ1) is 15.9. The van der Waals surface area contributed by atoms with Gasteiger partial charge in [0.2, 0.25) is 0 Å². The van der Waals surface area contributed by atoms with Crippen LogP contribution in [0.5, 0.6) is 0 Å². The molecule has 0 radical (unpaired) electrons. The molecular weight excluding hydrogens is 388 g/mol. The zero-order valence-corrected chi connectivity index (χ0v) is 17.3. The van der Waals surface area contributed by atoms with Crippen LogP contribution in [0.25, 0.3) is 21.8 Å². The second kappa shape index (κ2) is 6.60. The Morgan fingerprint density at radius 3 is 1.25 bits per heavy atom. The molecule has 7 rings (SSSR count). The van der Waals surface area contributed by atoms with E-state index in [1.54, 1.807) is 0 Å². The van der Waals surface area contributed by atoms with E-state index < -0.39 is 0 Å². The van der Waals surface area contributed by atoms with E-state index in [0.29, 0.717) is 0 Å². The van der Waals surface area contributed by atoms with Crippen molar-refractivity contribution >= 4 is 21.8 Å². The quantitative estimate of drug-likeness (QED) is 0.298. The Hall–Kier alpha value is -4.30. The minimum Gasteiger partial charge on any atom is -0.256 e. The molecule has 6 aromatic rings. The predicted molar refractivity (Wildman–Crippen MR) is 127 cm³/mol. The van der Waals surface area contributed by atoms with Gasteiger partial charge in [-0.25, -0.2) is 0 Å². The lowest BCUT2D eigenvalue weighted by Crippen LogP contribution is -1.93. The molecule has 0 saturated heterocycles. The van der Waals surface area contributed by atoms with E-state index in [9.17, 15) is 0 Å². The molecule has 0 bridgehead atoms. The van der Waals surface area contributed by atoms with Gasteiger partial charge in [0, 0.05) is 33.6 Å². The van der Waals surface area contributed by atoms with Gasteiger partial charge < -0.3 is 0 Å². The summed E-state index contributed by atoms with van der Waals surface area (Å²) in [6.45, 7) is 0. The van der Waals surface area contributed by atoms with Gasteiger partial charge in [0.15, 0.2) is 0 Å². The molecule has 0 amide bonds. The van der Waals surface area contributed by atoms with E-state index in [4.69, 9.17) is 9.97 Å². The van der Waals surface area contributed by atoms with Crippen molar-refractivity contribution < 1.29 is 0 Å². The predicted octanol–water partition coefficient (Wildman–Crippen LogP) is 6.24. The maximum atomic E-state index is 4.83. The van der Waals surface area contributed by atoms with Crippen molar-refractivity contribution in [1.82, 2.24) is 9.97 Å². The van der Waals surface area contributed by atoms with Crippen LogP contribution in [0, 0.1) is 41.7 Å². The standard InChI is InChI=1S/C30H18N2/c1-3-11-23-21(9-1)25-15-13-19-7-5-18-32-30(19)28(25)24-12-4-2-10-22(24)26-16-14-20-8-6-17-31-29(20)27(23)26/h1-18H/b25-21-,26-22-,27-23+,28-24+. The van der Waals surface area contributed by atoms with Crippen molar-refractivity contribution in [2.75, 3.05) is 0 Å². The van der Waals surface area contributed by atoms with Crippen LogP contribution in [0.3, 0.4) is 0 Å². The highest BCUT2D eigenvalue weighted by atomic mass is 14.6. The highest BCUT2D eigenvalue weighted by Crippen LogP contribution is 2.21. The Bertz CT molecular complexity index is 1940. The number of rotatable bonds is 0. The topological polar surface area (TPSA) is 25.8 Å². The fourth-order valence-electron chi connectivity index (χ4n) is 5.16. The molecule has 0 saturated carbocycles. The van der Waals surface area contributed by atoms with Crippen LogP contribution in [0.1, 0.15) is 0 Å². The molecule has 0 unspecified atom stereocenters. The number of aromatic nitrogens is 2.